The van der Waals surface area contributed by atoms with Crippen molar-refractivity contribution in [2.24, 2.45) is 5.92 Å². The van der Waals surface area contributed by atoms with Gasteiger partial charge >= 0.3 is 0 Å². The number of hydrogen-bond acceptors (Lipinski definition) is 6. The summed E-state index contributed by atoms with van der Waals surface area (Å²) in [5.74, 6) is 2.18. The molecule has 0 saturated carbocycles. The normalized spacial score (nSPS) is 16.6. The summed E-state index contributed by atoms with van der Waals surface area (Å²) in [7, 11) is 0. The summed E-state index contributed by atoms with van der Waals surface area (Å²) in [6, 6.07) is 7.12. The van der Waals surface area contributed by atoms with Gasteiger partial charge in [0.15, 0.2) is 0 Å². The zero-order valence-electron chi connectivity index (χ0n) is 15.2. The lowest BCUT2D eigenvalue weighted by Crippen LogP contribution is -2.52. The molecule has 28 heavy (non-hydrogen) atoms. The Kier molecular flexibility index (Phi) is 4.35. The fourth-order valence-corrected chi connectivity index (χ4v) is 4.71. The number of aromatic nitrogens is 4. The zero-order valence-corrected chi connectivity index (χ0v) is 16.1. The number of hydrogen-bond donors (Lipinski definition) is 0. The predicted molar refractivity (Wildman–Crippen MR) is 107 cm³/mol. The molecule has 0 bridgehead atoms. The topological polar surface area (TPSA) is 81.0 Å². The highest BCUT2D eigenvalue weighted by Crippen LogP contribution is 2.23. The minimum absolute atomic E-state index is 0.00780. The Hall–Kier alpha value is -2.74. The molecule has 7 nitrogen and oxygen atoms in total. The van der Waals surface area contributed by atoms with Crippen molar-refractivity contribution in [1.82, 2.24) is 24.6 Å². The maximum absolute atomic E-state index is 12.7. The second-order valence-corrected chi connectivity index (χ2v) is 8.38. The van der Waals surface area contributed by atoms with E-state index in [9.17, 15) is 9.59 Å². The van der Waals surface area contributed by atoms with Crippen molar-refractivity contribution in [3.05, 3.63) is 63.8 Å². The minimum Gasteiger partial charge on any atom is -0.338 e. The van der Waals surface area contributed by atoms with Crippen LogP contribution in [0.1, 0.15) is 21.6 Å². The van der Waals surface area contributed by atoms with Gasteiger partial charge < -0.3 is 4.90 Å². The van der Waals surface area contributed by atoms with E-state index in [4.69, 9.17) is 0 Å². The molecule has 2 aliphatic heterocycles. The van der Waals surface area contributed by atoms with Crippen LogP contribution >= 0.6 is 11.8 Å². The maximum atomic E-state index is 12.7. The van der Waals surface area contributed by atoms with Crippen LogP contribution in [0.25, 0.3) is 11.0 Å². The minimum atomic E-state index is -0.0425. The number of nitrogens with zero attached hydrogens (tertiary/aromatic N) is 5. The van der Waals surface area contributed by atoms with Gasteiger partial charge in [-0.2, -0.15) is 16.9 Å². The molecule has 2 aliphatic rings. The van der Waals surface area contributed by atoms with Crippen LogP contribution in [-0.2, 0) is 18.7 Å². The predicted octanol–water partition coefficient (Wildman–Crippen LogP) is 1.75. The molecule has 3 aromatic rings. The fourth-order valence-electron chi connectivity index (χ4n) is 3.76. The third kappa shape index (κ3) is 3.17. The molecular formula is C20H19N5O2S. The third-order valence-corrected chi connectivity index (χ3v) is 6.30. The van der Waals surface area contributed by atoms with E-state index < -0.39 is 0 Å². The van der Waals surface area contributed by atoms with Crippen LogP contribution in [0.2, 0.25) is 0 Å². The Balaban J connectivity index is 1.26. The standard InChI is InChI=1S/C20H19N5O2S/c26-19-8-15-12-28-6-3-16(15)23-25(19)11-13-9-24(10-13)20(27)14-1-2-17-18(7-14)22-5-4-21-17/h1-2,4-5,7-8,13H,3,6,9-12H2. The van der Waals surface area contributed by atoms with Gasteiger partial charge in [0.1, 0.15) is 0 Å². The van der Waals surface area contributed by atoms with E-state index in [0.29, 0.717) is 30.7 Å². The molecule has 0 N–H and O–H groups in total. The average Bonchev–Trinajstić information content (AvgIpc) is 2.69. The number of fused-ring (bicyclic) bond motifs is 2. The van der Waals surface area contributed by atoms with Crippen LogP contribution < -0.4 is 5.56 Å². The lowest BCUT2D eigenvalue weighted by Gasteiger charge is -2.39. The molecule has 4 heterocycles. The van der Waals surface area contributed by atoms with Crippen molar-refractivity contribution >= 4 is 28.7 Å². The van der Waals surface area contributed by atoms with E-state index in [1.807, 2.05) is 22.7 Å². The lowest BCUT2D eigenvalue weighted by molar-refractivity contribution is 0.0458. The Morgan fingerprint density at radius 2 is 1.96 bits per heavy atom. The quantitative estimate of drug-likeness (QED) is 0.674. The number of amides is 1. The molecule has 8 heteroatoms. The van der Waals surface area contributed by atoms with Gasteiger partial charge in [-0.25, -0.2) is 4.68 Å². The summed E-state index contributed by atoms with van der Waals surface area (Å²) in [4.78, 5) is 35.3. The molecule has 0 radical (unpaired) electrons. The molecule has 1 amide bonds. The smallest absolute Gasteiger partial charge is 0.267 e. The second-order valence-electron chi connectivity index (χ2n) is 7.28. The average molecular weight is 393 g/mol. The van der Waals surface area contributed by atoms with Crippen molar-refractivity contribution in [1.29, 1.82) is 0 Å². The van der Waals surface area contributed by atoms with E-state index in [-0.39, 0.29) is 17.4 Å². The van der Waals surface area contributed by atoms with Crippen LogP contribution in [0, 0.1) is 5.92 Å². The first-order valence-electron chi connectivity index (χ1n) is 9.35. The highest BCUT2D eigenvalue weighted by Gasteiger charge is 2.32. The van der Waals surface area contributed by atoms with Gasteiger partial charge in [-0.05, 0) is 29.5 Å². The Morgan fingerprint density at radius 3 is 2.82 bits per heavy atom. The van der Waals surface area contributed by atoms with Gasteiger partial charge in [0.25, 0.3) is 11.5 Å². The molecule has 142 valence electrons. The molecule has 2 aromatic heterocycles. The monoisotopic (exact) mass is 393 g/mol. The summed E-state index contributed by atoms with van der Waals surface area (Å²) in [5.41, 5.74) is 4.18. The van der Waals surface area contributed by atoms with E-state index >= 15 is 0 Å². The maximum Gasteiger partial charge on any atom is 0.267 e. The molecular weight excluding hydrogens is 374 g/mol. The SMILES string of the molecule is O=C(c1ccc2nccnc2c1)N1CC(Cn2nc3c(cc2=O)CSCC3)C1. The molecule has 0 atom stereocenters. The van der Waals surface area contributed by atoms with Crippen LogP contribution in [0.4, 0.5) is 0 Å². The van der Waals surface area contributed by atoms with Gasteiger partial charge in [0.05, 0.1) is 23.3 Å². The molecule has 1 fully saturated rings. The van der Waals surface area contributed by atoms with E-state index in [1.165, 1.54) is 0 Å². The van der Waals surface area contributed by atoms with Gasteiger partial charge in [0.2, 0.25) is 0 Å². The summed E-state index contributed by atoms with van der Waals surface area (Å²) in [6.45, 7) is 1.84. The Labute approximate surface area is 165 Å². The lowest BCUT2D eigenvalue weighted by atomic mass is 9.98. The number of benzene rings is 1. The van der Waals surface area contributed by atoms with Gasteiger partial charge in [0, 0.05) is 55.2 Å². The Morgan fingerprint density at radius 1 is 1.14 bits per heavy atom. The molecule has 0 unspecified atom stereocenters. The van der Waals surface area contributed by atoms with Crippen molar-refractivity contribution in [3.63, 3.8) is 0 Å². The summed E-state index contributed by atoms with van der Waals surface area (Å²) < 4.78 is 1.58. The van der Waals surface area contributed by atoms with Crippen molar-refractivity contribution in [3.8, 4) is 0 Å². The number of thioether (sulfide) groups is 1. The molecule has 1 saturated heterocycles. The first kappa shape index (κ1) is 17.4. The van der Waals surface area contributed by atoms with Crippen LogP contribution in [0.15, 0.2) is 41.5 Å². The third-order valence-electron chi connectivity index (χ3n) is 5.30. The van der Waals surface area contributed by atoms with Gasteiger partial charge in [-0.1, -0.05) is 0 Å². The highest BCUT2D eigenvalue weighted by atomic mass is 32.2. The van der Waals surface area contributed by atoms with Gasteiger partial charge in [-0.15, -0.1) is 0 Å². The number of carbonyl (C=O) groups is 1. The van der Waals surface area contributed by atoms with E-state index in [1.54, 1.807) is 35.3 Å². The van der Waals surface area contributed by atoms with Crippen molar-refractivity contribution < 1.29 is 4.79 Å². The van der Waals surface area contributed by atoms with Crippen LogP contribution in [-0.4, -0.2) is 49.4 Å². The summed E-state index contributed by atoms with van der Waals surface area (Å²) in [6.07, 6.45) is 4.18. The fraction of sp³-hybridized carbons (Fsp3) is 0.350. The summed E-state index contributed by atoms with van der Waals surface area (Å²) in [5, 5.41) is 4.57. The molecule has 5 rings (SSSR count). The van der Waals surface area contributed by atoms with E-state index in [0.717, 1.165) is 34.7 Å². The number of rotatable bonds is 3. The van der Waals surface area contributed by atoms with Crippen LogP contribution in [0.5, 0.6) is 0 Å². The van der Waals surface area contributed by atoms with Gasteiger partial charge in [-0.3, -0.25) is 19.6 Å². The van der Waals surface area contributed by atoms with E-state index in [2.05, 4.69) is 15.1 Å². The van der Waals surface area contributed by atoms with Crippen molar-refractivity contribution in [2.75, 3.05) is 18.8 Å². The zero-order chi connectivity index (χ0) is 19.1. The summed E-state index contributed by atoms with van der Waals surface area (Å²) >= 11 is 1.84. The highest BCUT2D eigenvalue weighted by molar-refractivity contribution is 7.98. The first-order chi connectivity index (χ1) is 13.7. The number of carbonyl (C=O) groups excluding carboxylic acids is 1. The number of aryl methyl sites for hydroxylation is 1. The largest absolute Gasteiger partial charge is 0.338 e. The second kappa shape index (κ2) is 7.01. The van der Waals surface area contributed by atoms with Crippen LogP contribution in [0.3, 0.4) is 0 Å². The van der Waals surface area contributed by atoms with Crippen molar-refractivity contribution in [2.45, 2.75) is 18.7 Å². The number of likely N-dealkylation sites (tertiary alicyclic amines) is 1. The molecule has 0 spiro atoms. The molecule has 1 aromatic carbocycles. The molecule has 0 aliphatic carbocycles. The Bertz CT molecular complexity index is 1120. The first-order valence-corrected chi connectivity index (χ1v) is 10.5.